The van der Waals surface area contributed by atoms with Crippen LogP contribution in [0.2, 0.25) is 0 Å². The molecule has 0 radical (unpaired) electrons. The van der Waals surface area contributed by atoms with Crippen molar-refractivity contribution < 1.29 is 14.7 Å². The van der Waals surface area contributed by atoms with Crippen LogP contribution in [0.25, 0.3) is 0 Å². The lowest BCUT2D eigenvalue weighted by molar-refractivity contribution is -0.140. The zero-order valence-corrected chi connectivity index (χ0v) is 15.2. The summed E-state index contributed by atoms with van der Waals surface area (Å²) in [6.45, 7) is 7.48. The van der Waals surface area contributed by atoms with Crippen LogP contribution in [-0.2, 0) is 15.2 Å². The Labute approximate surface area is 148 Å². The van der Waals surface area contributed by atoms with Gasteiger partial charge in [0.25, 0.3) is 0 Å². The Morgan fingerprint density at radius 2 is 2.00 bits per heavy atom. The molecule has 6 nitrogen and oxygen atoms in total. The fraction of sp³-hybridized carbons (Fsp3) is 0.632. The highest BCUT2D eigenvalue weighted by Gasteiger charge is 2.43. The van der Waals surface area contributed by atoms with E-state index >= 15 is 0 Å². The van der Waals surface area contributed by atoms with E-state index in [-0.39, 0.29) is 23.3 Å². The van der Waals surface area contributed by atoms with E-state index in [1.165, 1.54) is 0 Å². The lowest BCUT2D eigenvalue weighted by Crippen LogP contribution is -2.48. The number of carbonyl (C=O) groups excluding carboxylic acids is 2. The fourth-order valence-corrected chi connectivity index (χ4v) is 3.80. The average molecular weight is 345 g/mol. The molecule has 2 saturated heterocycles. The molecule has 0 unspecified atom stereocenters. The Hall–Kier alpha value is -1.95. The van der Waals surface area contributed by atoms with E-state index in [1.807, 2.05) is 32.9 Å². The van der Waals surface area contributed by atoms with Crippen LogP contribution >= 0.6 is 0 Å². The highest BCUT2D eigenvalue weighted by atomic mass is 16.3. The minimum Gasteiger partial charge on any atom is -0.385 e. The second kappa shape index (κ2) is 6.41. The predicted octanol–water partition coefficient (Wildman–Crippen LogP) is 1.54. The van der Waals surface area contributed by atoms with E-state index in [4.69, 9.17) is 0 Å². The topological polar surface area (TPSA) is 73.7 Å². The van der Waals surface area contributed by atoms with Crippen LogP contribution in [0.4, 0.5) is 0 Å². The molecule has 25 heavy (non-hydrogen) atoms. The van der Waals surface area contributed by atoms with E-state index in [0.29, 0.717) is 38.9 Å². The summed E-state index contributed by atoms with van der Waals surface area (Å²) in [4.78, 5) is 32.7. The maximum absolute atomic E-state index is 12.8. The molecule has 0 aliphatic carbocycles. The van der Waals surface area contributed by atoms with Gasteiger partial charge in [0.2, 0.25) is 11.8 Å². The van der Waals surface area contributed by atoms with Gasteiger partial charge < -0.3 is 14.9 Å². The van der Waals surface area contributed by atoms with E-state index in [9.17, 15) is 14.7 Å². The molecule has 2 aliphatic rings. The molecule has 1 N–H and O–H groups in total. The number of nitrogens with zero attached hydrogens (tertiary/aromatic N) is 3. The number of likely N-dealkylation sites (tertiary alicyclic amines) is 2. The van der Waals surface area contributed by atoms with Crippen molar-refractivity contribution in [1.82, 2.24) is 14.8 Å². The molecular formula is C19H27N3O3. The van der Waals surface area contributed by atoms with Crippen LogP contribution in [-0.4, -0.2) is 56.9 Å². The number of rotatable bonds is 2. The molecule has 136 valence electrons. The Balaban J connectivity index is 1.62. The molecular weight excluding hydrogens is 318 g/mol. The lowest BCUT2D eigenvalue weighted by Gasteiger charge is -2.39. The summed E-state index contributed by atoms with van der Waals surface area (Å²) in [6, 6.07) is 3.69. The molecule has 1 aromatic heterocycles. The monoisotopic (exact) mass is 345 g/mol. The standard InChI is InChI=1S/C19H27N3O3/c1-18(2,3)22-13-14(11-16(22)23)17(24)21-9-6-19(25,7-10-21)15-5-4-8-20-12-15/h4-5,8,12,14,25H,6-7,9-11,13H2,1-3H3/t14-/m1/s1. The van der Waals surface area contributed by atoms with Crippen LogP contribution in [0.1, 0.15) is 45.6 Å². The Kier molecular flexibility index (Phi) is 4.58. The molecule has 0 bridgehead atoms. The molecule has 3 heterocycles. The molecule has 0 spiro atoms. The number of pyridine rings is 1. The number of aliphatic hydroxyl groups is 1. The average Bonchev–Trinajstić information content (AvgIpc) is 2.98. The van der Waals surface area contributed by atoms with Gasteiger partial charge in [-0.2, -0.15) is 0 Å². The number of piperidine rings is 1. The van der Waals surface area contributed by atoms with Crippen LogP contribution in [0.15, 0.2) is 24.5 Å². The molecule has 2 amide bonds. The van der Waals surface area contributed by atoms with Gasteiger partial charge in [-0.25, -0.2) is 0 Å². The van der Waals surface area contributed by atoms with Gasteiger partial charge >= 0.3 is 0 Å². The number of hydrogen-bond donors (Lipinski definition) is 1. The van der Waals surface area contributed by atoms with E-state index in [2.05, 4.69) is 4.98 Å². The molecule has 0 saturated carbocycles. The highest BCUT2D eigenvalue weighted by molar-refractivity contribution is 5.89. The van der Waals surface area contributed by atoms with E-state index in [1.54, 1.807) is 22.2 Å². The summed E-state index contributed by atoms with van der Waals surface area (Å²) < 4.78 is 0. The third kappa shape index (κ3) is 3.54. The summed E-state index contributed by atoms with van der Waals surface area (Å²) >= 11 is 0. The largest absolute Gasteiger partial charge is 0.385 e. The zero-order chi connectivity index (χ0) is 18.2. The Morgan fingerprint density at radius 1 is 1.32 bits per heavy atom. The van der Waals surface area contributed by atoms with Crippen LogP contribution in [0.3, 0.4) is 0 Å². The first-order chi connectivity index (χ1) is 11.7. The summed E-state index contributed by atoms with van der Waals surface area (Å²) in [5, 5.41) is 10.9. The van der Waals surface area contributed by atoms with Gasteiger partial charge in [0.1, 0.15) is 0 Å². The Bertz CT molecular complexity index is 646. The molecule has 1 aromatic rings. The van der Waals surface area contributed by atoms with Gasteiger partial charge in [0, 0.05) is 49.6 Å². The second-order valence-corrected chi connectivity index (χ2v) is 8.17. The van der Waals surface area contributed by atoms with Gasteiger partial charge in [-0.3, -0.25) is 14.6 Å². The third-order valence-electron chi connectivity index (χ3n) is 5.39. The second-order valence-electron chi connectivity index (χ2n) is 8.17. The van der Waals surface area contributed by atoms with Crippen molar-refractivity contribution >= 4 is 11.8 Å². The first-order valence-corrected chi connectivity index (χ1v) is 8.93. The highest BCUT2D eigenvalue weighted by Crippen LogP contribution is 2.34. The molecule has 6 heteroatoms. The molecule has 3 rings (SSSR count). The molecule has 0 aromatic carbocycles. The summed E-state index contributed by atoms with van der Waals surface area (Å²) in [5.41, 5.74) is -0.375. The van der Waals surface area contributed by atoms with E-state index < -0.39 is 5.60 Å². The first kappa shape index (κ1) is 17.9. The van der Waals surface area contributed by atoms with Crippen LogP contribution < -0.4 is 0 Å². The molecule has 2 fully saturated rings. The SMILES string of the molecule is CC(C)(C)N1C[C@H](C(=O)N2CCC(O)(c3cccnc3)CC2)CC1=O. The minimum atomic E-state index is -0.923. The van der Waals surface area contributed by atoms with Gasteiger partial charge in [0.05, 0.1) is 11.5 Å². The number of hydrogen-bond acceptors (Lipinski definition) is 4. The summed E-state index contributed by atoms with van der Waals surface area (Å²) in [5.74, 6) is -0.181. The maximum Gasteiger partial charge on any atom is 0.227 e. The van der Waals surface area contributed by atoms with Gasteiger partial charge in [-0.15, -0.1) is 0 Å². The number of amides is 2. The minimum absolute atomic E-state index is 0.0355. The normalized spacial score (nSPS) is 23.8. The first-order valence-electron chi connectivity index (χ1n) is 8.93. The quantitative estimate of drug-likeness (QED) is 0.882. The van der Waals surface area contributed by atoms with Crippen LogP contribution in [0.5, 0.6) is 0 Å². The van der Waals surface area contributed by atoms with E-state index in [0.717, 1.165) is 5.56 Å². The number of aromatic nitrogens is 1. The van der Waals surface area contributed by atoms with Crippen molar-refractivity contribution in [2.75, 3.05) is 19.6 Å². The smallest absolute Gasteiger partial charge is 0.227 e. The molecule has 2 aliphatic heterocycles. The van der Waals surface area contributed by atoms with Crippen molar-refractivity contribution in [3.8, 4) is 0 Å². The molecule has 1 atom stereocenters. The van der Waals surface area contributed by atoms with Crippen LogP contribution in [0, 0.1) is 5.92 Å². The Morgan fingerprint density at radius 3 is 2.52 bits per heavy atom. The van der Waals surface area contributed by atoms with Crippen molar-refractivity contribution in [2.24, 2.45) is 5.92 Å². The van der Waals surface area contributed by atoms with Gasteiger partial charge in [0.15, 0.2) is 0 Å². The predicted molar refractivity (Wildman–Crippen MR) is 93.5 cm³/mol. The van der Waals surface area contributed by atoms with Crippen molar-refractivity contribution in [3.05, 3.63) is 30.1 Å². The lowest BCUT2D eigenvalue weighted by atomic mass is 9.85. The third-order valence-corrected chi connectivity index (χ3v) is 5.39. The summed E-state index contributed by atoms with van der Waals surface area (Å²) in [7, 11) is 0. The van der Waals surface area contributed by atoms with Crippen molar-refractivity contribution in [2.45, 2.75) is 51.2 Å². The summed E-state index contributed by atoms with van der Waals surface area (Å²) in [6.07, 6.45) is 4.65. The zero-order valence-electron chi connectivity index (χ0n) is 15.2. The van der Waals surface area contributed by atoms with Crippen molar-refractivity contribution in [1.29, 1.82) is 0 Å². The maximum atomic E-state index is 12.8. The number of carbonyl (C=O) groups is 2. The van der Waals surface area contributed by atoms with Gasteiger partial charge in [-0.05, 0) is 39.7 Å². The van der Waals surface area contributed by atoms with Crippen molar-refractivity contribution in [3.63, 3.8) is 0 Å². The fourth-order valence-electron chi connectivity index (χ4n) is 3.80. The van der Waals surface area contributed by atoms with Gasteiger partial charge in [-0.1, -0.05) is 6.07 Å².